The first-order valence-corrected chi connectivity index (χ1v) is 9.17. The number of sulfonamides is 1. The van der Waals surface area contributed by atoms with Gasteiger partial charge in [0.1, 0.15) is 5.76 Å². The van der Waals surface area contributed by atoms with Gasteiger partial charge in [0.2, 0.25) is 10.0 Å². The van der Waals surface area contributed by atoms with Crippen molar-refractivity contribution >= 4 is 15.9 Å². The summed E-state index contributed by atoms with van der Waals surface area (Å²) >= 11 is 0. The summed E-state index contributed by atoms with van der Waals surface area (Å²) in [5.41, 5.74) is 0.284. The molecule has 0 bridgehead atoms. The number of carbonyl (C=O) groups is 1. The van der Waals surface area contributed by atoms with Crippen LogP contribution in [0, 0.1) is 12.8 Å². The molecule has 1 aromatic rings. The van der Waals surface area contributed by atoms with Gasteiger partial charge in [-0.3, -0.25) is 4.79 Å². The number of aryl methyl sites for hydroxylation is 1. The maximum atomic E-state index is 12.1. The molecule has 1 aliphatic carbocycles. The Balaban J connectivity index is 1.45. The number of piperidine rings is 1. The Morgan fingerprint density at radius 2 is 2.05 bits per heavy atom. The van der Waals surface area contributed by atoms with Crippen molar-refractivity contribution in [2.75, 3.05) is 19.6 Å². The van der Waals surface area contributed by atoms with Crippen molar-refractivity contribution in [2.45, 2.75) is 37.9 Å². The molecule has 0 atom stereocenters. The second kappa shape index (κ2) is 6.00. The van der Waals surface area contributed by atoms with Crippen LogP contribution in [0.1, 0.15) is 41.9 Å². The summed E-state index contributed by atoms with van der Waals surface area (Å²) in [6.45, 7) is 3.40. The molecule has 2 aliphatic rings. The molecule has 8 heteroatoms. The average molecular weight is 327 g/mol. The summed E-state index contributed by atoms with van der Waals surface area (Å²) in [4.78, 5) is 11.9. The van der Waals surface area contributed by atoms with Crippen LogP contribution in [0.15, 0.2) is 10.6 Å². The first-order valence-electron chi connectivity index (χ1n) is 7.67. The van der Waals surface area contributed by atoms with Crippen molar-refractivity contribution < 1.29 is 17.7 Å². The lowest BCUT2D eigenvalue weighted by molar-refractivity contribution is 0.0932. The number of nitrogens with one attached hydrogen (secondary N) is 1. The zero-order valence-corrected chi connectivity index (χ0v) is 13.4. The Morgan fingerprint density at radius 1 is 1.36 bits per heavy atom. The molecule has 0 unspecified atom stereocenters. The topological polar surface area (TPSA) is 92.5 Å². The normalized spacial score (nSPS) is 21.0. The van der Waals surface area contributed by atoms with Crippen LogP contribution in [0.5, 0.6) is 0 Å². The van der Waals surface area contributed by atoms with Crippen LogP contribution in [0.2, 0.25) is 0 Å². The average Bonchev–Trinajstić information content (AvgIpc) is 3.28. The maximum Gasteiger partial charge on any atom is 0.273 e. The van der Waals surface area contributed by atoms with Crippen LogP contribution < -0.4 is 5.32 Å². The quantitative estimate of drug-likeness (QED) is 0.868. The highest BCUT2D eigenvalue weighted by Gasteiger charge is 2.41. The van der Waals surface area contributed by atoms with E-state index in [1.54, 1.807) is 17.3 Å². The van der Waals surface area contributed by atoms with E-state index in [1.165, 1.54) is 0 Å². The molecule has 1 saturated heterocycles. The van der Waals surface area contributed by atoms with Gasteiger partial charge in [0.25, 0.3) is 5.91 Å². The summed E-state index contributed by atoms with van der Waals surface area (Å²) in [5, 5.41) is 6.38. The number of rotatable bonds is 5. The third-order valence-corrected chi connectivity index (χ3v) is 6.69. The minimum Gasteiger partial charge on any atom is -0.361 e. The molecule has 7 nitrogen and oxygen atoms in total. The molecule has 0 aromatic carbocycles. The van der Waals surface area contributed by atoms with Gasteiger partial charge in [0, 0.05) is 25.7 Å². The van der Waals surface area contributed by atoms with Crippen molar-refractivity contribution in [3.8, 4) is 0 Å². The summed E-state index contributed by atoms with van der Waals surface area (Å²) in [7, 11) is -3.06. The van der Waals surface area contributed by atoms with E-state index < -0.39 is 10.0 Å². The Hall–Kier alpha value is -1.41. The van der Waals surface area contributed by atoms with Gasteiger partial charge < -0.3 is 9.84 Å². The minimum absolute atomic E-state index is 0.140. The molecule has 2 heterocycles. The molecular formula is C14H21N3O4S. The standard InChI is InChI=1S/C14H21N3O4S/c1-10-8-13(16-21-10)14(18)15-9-11-4-6-17(7-5-11)22(19,20)12-2-3-12/h8,11-12H,2-7,9H2,1H3,(H,15,18). The fourth-order valence-electron chi connectivity index (χ4n) is 2.75. The van der Waals surface area contributed by atoms with Crippen LogP contribution >= 0.6 is 0 Å². The minimum atomic E-state index is -3.06. The zero-order valence-electron chi connectivity index (χ0n) is 12.6. The highest BCUT2D eigenvalue weighted by molar-refractivity contribution is 7.90. The lowest BCUT2D eigenvalue weighted by Gasteiger charge is -2.31. The summed E-state index contributed by atoms with van der Waals surface area (Å²) in [6, 6.07) is 1.60. The molecule has 122 valence electrons. The number of amides is 1. The first kappa shape index (κ1) is 15.5. The van der Waals surface area contributed by atoms with Crippen molar-refractivity contribution in [3.63, 3.8) is 0 Å². The Kier molecular flexibility index (Phi) is 4.22. The van der Waals surface area contributed by atoms with Crippen LogP contribution in [0.25, 0.3) is 0 Å². The van der Waals surface area contributed by atoms with Crippen LogP contribution in [0.4, 0.5) is 0 Å². The summed E-state index contributed by atoms with van der Waals surface area (Å²) in [5.74, 6) is 0.663. The van der Waals surface area contributed by atoms with E-state index in [1.807, 2.05) is 0 Å². The van der Waals surface area contributed by atoms with Gasteiger partial charge in [0.05, 0.1) is 5.25 Å². The fourth-order valence-corrected chi connectivity index (χ4v) is 4.62. The van der Waals surface area contributed by atoms with E-state index >= 15 is 0 Å². The highest BCUT2D eigenvalue weighted by atomic mass is 32.2. The second-order valence-electron chi connectivity index (χ2n) is 6.12. The molecule has 2 fully saturated rings. The molecule has 3 rings (SSSR count). The smallest absolute Gasteiger partial charge is 0.273 e. The molecule has 1 aromatic heterocycles. The Labute approximate surface area is 130 Å². The molecule has 0 radical (unpaired) electrons. The van der Waals surface area contributed by atoms with Gasteiger partial charge in [-0.15, -0.1) is 0 Å². The van der Waals surface area contributed by atoms with Crippen molar-refractivity contribution in [3.05, 3.63) is 17.5 Å². The van der Waals surface area contributed by atoms with Gasteiger partial charge in [-0.2, -0.15) is 0 Å². The van der Waals surface area contributed by atoms with E-state index in [9.17, 15) is 13.2 Å². The highest BCUT2D eigenvalue weighted by Crippen LogP contribution is 2.33. The number of hydrogen-bond donors (Lipinski definition) is 1. The molecule has 1 amide bonds. The number of carbonyl (C=O) groups excluding carboxylic acids is 1. The predicted molar refractivity (Wildman–Crippen MR) is 79.8 cm³/mol. The lowest BCUT2D eigenvalue weighted by atomic mass is 9.98. The van der Waals surface area contributed by atoms with Gasteiger partial charge in [-0.05, 0) is 38.5 Å². The van der Waals surface area contributed by atoms with E-state index in [0.29, 0.717) is 31.3 Å². The first-order chi connectivity index (χ1) is 10.5. The second-order valence-corrected chi connectivity index (χ2v) is 8.33. The third-order valence-electron chi connectivity index (χ3n) is 4.29. The molecule has 1 aliphatic heterocycles. The fraction of sp³-hybridized carbons (Fsp3) is 0.714. The summed E-state index contributed by atoms with van der Waals surface area (Å²) < 4.78 is 30.8. The van der Waals surface area contributed by atoms with Crippen LogP contribution in [0.3, 0.4) is 0 Å². The Bertz CT molecular complexity index is 643. The molecule has 1 saturated carbocycles. The monoisotopic (exact) mass is 327 g/mol. The molecule has 1 N–H and O–H groups in total. The number of hydrogen-bond acceptors (Lipinski definition) is 5. The molecule has 0 spiro atoms. The van der Waals surface area contributed by atoms with Crippen molar-refractivity contribution in [2.24, 2.45) is 5.92 Å². The van der Waals surface area contributed by atoms with Gasteiger partial charge >= 0.3 is 0 Å². The van der Waals surface area contributed by atoms with Crippen LogP contribution in [-0.4, -0.2) is 48.7 Å². The lowest BCUT2D eigenvalue weighted by Crippen LogP contribution is -2.42. The van der Waals surface area contributed by atoms with Gasteiger partial charge in [-0.1, -0.05) is 5.16 Å². The SMILES string of the molecule is Cc1cc(C(=O)NCC2CCN(S(=O)(=O)C3CC3)CC2)no1. The van der Waals surface area contributed by atoms with Gasteiger partial charge in [0.15, 0.2) is 5.69 Å². The van der Waals surface area contributed by atoms with E-state index in [-0.39, 0.29) is 16.9 Å². The molecule has 22 heavy (non-hydrogen) atoms. The summed E-state index contributed by atoms with van der Waals surface area (Å²) in [6.07, 6.45) is 3.17. The zero-order chi connectivity index (χ0) is 15.7. The maximum absolute atomic E-state index is 12.1. The number of nitrogens with zero attached hydrogens (tertiary/aromatic N) is 2. The van der Waals surface area contributed by atoms with E-state index in [2.05, 4.69) is 10.5 Å². The van der Waals surface area contributed by atoms with Crippen LogP contribution in [-0.2, 0) is 10.0 Å². The predicted octanol–water partition coefficient (Wildman–Crippen LogP) is 0.917. The van der Waals surface area contributed by atoms with Crippen molar-refractivity contribution in [1.82, 2.24) is 14.8 Å². The van der Waals surface area contributed by atoms with Crippen molar-refractivity contribution in [1.29, 1.82) is 0 Å². The van der Waals surface area contributed by atoms with E-state index in [0.717, 1.165) is 25.7 Å². The number of aromatic nitrogens is 1. The third kappa shape index (κ3) is 3.33. The van der Waals surface area contributed by atoms with E-state index in [4.69, 9.17) is 4.52 Å². The Morgan fingerprint density at radius 3 is 2.59 bits per heavy atom. The van der Waals surface area contributed by atoms with Gasteiger partial charge in [-0.25, -0.2) is 12.7 Å². The molecular weight excluding hydrogens is 306 g/mol. The largest absolute Gasteiger partial charge is 0.361 e.